The Kier molecular flexibility index (Phi) is 6.41. The minimum absolute atomic E-state index is 0.0162. The molecule has 0 saturated heterocycles. The summed E-state index contributed by atoms with van der Waals surface area (Å²) in [6.07, 6.45) is 11.0. The largest absolute Gasteiger partial charge is 0.425 e. The molecule has 142 valence electrons. The maximum absolute atomic E-state index is 12.4. The van der Waals surface area contributed by atoms with Crippen molar-refractivity contribution in [1.29, 1.82) is 0 Å². The third kappa shape index (κ3) is 4.93. The molecule has 2 aromatic rings. The van der Waals surface area contributed by atoms with Crippen molar-refractivity contribution in [3.8, 4) is 0 Å². The van der Waals surface area contributed by atoms with Crippen molar-refractivity contribution in [2.45, 2.75) is 70.8 Å². The van der Waals surface area contributed by atoms with Gasteiger partial charge < -0.3 is 13.8 Å². The van der Waals surface area contributed by atoms with E-state index in [4.69, 9.17) is 8.94 Å². The lowest BCUT2D eigenvalue weighted by atomic mass is 9.86. The third-order valence-corrected chi connectivity index (χ3v) is 5.41. The predicted octanol–water partition coefficient (Wildman–Crippen LogP) is 3.72. The fourth-order valence-electron chi connectivity index (χ4n) is 3.54. The second kappa shape index (κ2) is 8.96. The summed E-state index contributed by atoms with van der Waals surface area (Å²) in [6, 6.07) is 1.64. The Morgan fingerprint density at radius 2 is 1.96 bits per heavy atom. The summed E-state index contributed by atoms with van der Waals surface area (Å²) in [4.78, 5) is 14.0. The number of nitrogens with zero attached hydrogens (tertiary/aromatic N) is 4. The Morgan fingerprint density at radius 3 is 2.65 bits per heavy atom. The number of aromatic nitrogens is 3. The van der Waals surface area contributed by atoms with Crippen LogP contribution in [-0.4, -0.2) is 33.2 Å². The van der Waals surface area contributed by atoms with Gasteiger partial charge in [-0.2, -0.15) is 0 Å². The number of amides is 1. The van der Waals surface area contributed by atoms with Crippen molar-refractivity contribution < 1.29 is 13.7 Å². The highest BCUT2D eigenvalue weighted by atomic mass is 16.5. The fraction of sp³-hybridized carbons (Fsp3) is 0.684. The van der Waals surface area contributed by atoms with Gasteiger partial charge in [-0.3, -0.25) is 4.79 Å². The summed E-state index contributed by atoms with van der Waals surface area (Å²) in [5, 5.41) is 12.1. The molecule has 1 amide bonds. The molecule has 2 aromatic heterocycles. The second-order valence-corrected chi connectivity index (χ2v) is 7.24. The molecule has 26 heavy (non-hydrogen) atoms. The Labute approximate surface area is 154 Å². The van der Waals surface area contributed by atoms with Gasteiger partial charge in [-0.1, -0.05) is 37.3 Å². The Morgan fingerprint density at radius 1 is 1.23 bits per heavy atom. The van der Waals surface area contributed by atoms with Crippen LogP contribution in [0.25, 0.3) is 0 Å². The molecular weight excluding hydrogens is 332 g/mol. The lowest BCUT2D eigenvalue weighted by Gasteiger charge is -2.22. The van der Waals surface area contributed by atoms with Crippen LogP contribution in [0.4, 0.5) is 0 Å². The summed E-state index contributed by atoms with van der Waals surface area (Å²) < 4.78 is 10.6. The zero-order valence-electron chi connectivity index (χ0n) is 15.7. The smallest absolute Gasteiger partial charge is 0.223 e. The minimum atomic E-state index is -0.130. The maximum Gasteiger partial charge on any atom is 0.223 e. The first-order chi connectivity index (χ1) is 12.6. The van der Waals surface area contributed by atoms with Gasteiger partial charge in [-0.15, -0.1) is 10.2 Å². The number of hydrogen-bond donors (Lipinski definition) is 0. The first-order valence-corrected chi connectivity index (χ1v) is 9.60. The van der Waals surface area contributed by atoms with Gasteiger partial charge in [0.15, 0.2) is 0 Å². The maximum atomic E-state index is 12.4. The highest BCUT2D eigenvalue weighted by Crippen LogP contribution is 2.27. The van der Waals surface area contributed by atoms with Gasteiger partial charge in [-0.05, 0) is 19.3 Å². The van der Waals surface area contributed by atoms with Crippen LogP contribution in [0, 0.1) is 5.92 Å². The van der Waals surface area contributed by atoms with Crippen LogP contribution in [0.1, 0.15) is 75.4 Å². The average Bonchev–Trinajstić information content (AvgIpc) is 3.36. The van der Waals surface area contributed by atoms with Gasteiger partial charge in [0.2, 0.25) is 17.7 Å². The van der Waals surface area contributed by atoms with Crippen LogP contribution in [0.2, 0.25) is 0 Å². The minimum Gasteiger partial charge on any atom is -0.425 e. The summed E-state index contributed by atoms with van der Waals surface area (Å²) in [7, 11) is 1.77. The van der Waals surface area contributed by atoms with Gasteiger partial charge in [-0.25, -0.2) is 0 Å². The molecule has 3 rings (SSSR count). The molecule has 1 aliphatic rings. The van der Waals surface area contributed by atoms with Crippen molar-refractivity contribution >= 4 is 5.91 Å². The number of hydrogen-bond acceptors (Lipinski definition) is 6. The average molecular weight is 360 g/mol. The topological polar surface area (TPSA) is 85.3 Å². The van der Waals surface area contributed by atoms with Crippen LogP contribution < -0.4 is 0 Å². The van der Waals surface area contributed by atoms with Crippen molar-refractivity contribution in [2.24, 2.45) is 5.92 Å². The zero-order chi connectivity index (χ0) is 18.4. The molecule has 0 spiro atoms. The molecule has 1 fully saturated rings. The molecule has 7 heteroatoms. The molecule has 1 atom stereocenters. The third-order valence-electron chi connectivity index (χ3n) is 5.41. The van der Waals surface area contributed by atoms with Crippen molar-refractivity contribution in [3.63, 3.8) is 0 Å². The number of carbonyl (C=O) groups excluding carboxylic acids is 1. The molecule has 0 radical (unpaired) electrons. The number of carbonyl (C=O) groups is 1. The van der Waals surface area contributed by atoms with Gasteiger partial charge in [0, 0.05) is 32.4 Å². The van der Waals surface area contributed by atoms with Gasteiger partial charge in [0.25, 0.3) is 0 Å². The van der Waals surface area contributed by atoms with E-state index in [-0.39, 0.29) is 11.9 Å². The fourth-order valence-corrected chi connectivity index (χ4v) is 3.54. The molecule has 0 bridgehead atoms. The standard InChI is InChI=1S/C19H28N4O3/c1-14(16-12-13-25-22-16)23(2)19(24)11-10-18-21-20-17(26-18)9-8-15-6-4-3-5-7-15/h12-15H,3-11H2,1-2H3. The van der Waals surface area contributed by atoms with Crippen molar-refractivity contribution in [3.05, 3.63) is 29.8 Å². The Bertz CT molecular complexity index is 677. The Hall–Kier alpha value is -2.18. The lowest BCUT2D eigenvalue weighted by Crippen LogP contribution is -2.30. The molecule has 7 nitrogen and oxygen atoms in total. The van der Waals surface area contributed by atoms with E-state index in [1.807, 2.05) is 6.92 Å². The van der Waals surface area contributed by atoms with E-state index < -0.39 is 0 Å². The molecule has 1 aliphatic carbocycles. The van der Waals surface area contributed by atoms with Crippen molar-refractivity contribution in [1.82, 2.24) is 20.3 Å². The van der Waals surface area contributed by atoms with Crippen LogP contribution in [0.5, 0.6) is 0 Å². The predicted molar refractivity (Wildman–Crippen MR) is 95.2 cm³/mol. The molecule has 1 unspecified atom stereocenters. The SMILES string of the molecule is CC(c1ccon1)N(C)C(=O)CCc1nnc(CCC2CCCCC2)o1. The first kappa shape index (κ1) is 18.6. The summed E-state index contributed by atoms with van der Waals surface area (Å²) in [5.74, 6) is 2.05. The second-order valence-electron chi connectivity index (χ2n) is 7.24. The van der Waals surface area contributed by atoms with Gasteiger partial charge in [0.05, 0.1) is 6.04 Å². The Balaban J connectivity index is 1.43. The monoisotopic (exact) mass is 360 g/mol. The van der Waals surface area contributed by atoms with Crippen LogP contribution in [0.3, 0.4) is 0 Å². The van der Waals surface area contributed by atoms with Crippen molar-refractivity contribution in [2.75, 3.05) is 7.05 Å². The molecule has 1 saturated carbocycles. The van der Waals surface area contributed by atoms with E-state index in [0.717, 1.165) is 24.5 Å². The zero-order valence-corrected chi connectivity index (χ0v) is 15.7. The number of aryl methyl sites for hydroxylation is 2. The summed E-state index contributed by atoms with van der Waals surface area (Å²) in [6.45, 7) is 1.92. The molecule has 0 aliphatic heterocycles. The molecular formula is C19H28N4O3. The van der Waals surface area contributed by atoms with E-state index in [2.05, 4.69) is 15.4 Å². The van der Waals surface area contributed by atoms with E-state index in [0.29, 0.717) is 24.6 Å². The van der Waals surface area contributed by atoms with Gasteiger partial charge >= 0.3 is 0 Å². The van der Waals surface area contributed by atoms with E-state index in [9.17, 15) is 4.79 Å². The normalized spacial score (nSPS) is 16.5. The van der Waals surface area contributed by atoms with Crippen LogP contribution in [-0.2, 0) is 17.6 Å². The highest BCUT2D eigenvalue weighted by molar-refractivity contribution is 5.76. The lowest BCUT2D eigenvalue weighted by molar-refractivity contribution is -0.131. The molecule has 0 N–H and O–H groups in total. The highest BCUT2D eigenvalue weighted by Gasteiger charge is 2.20. The van der Waals surface area contributed by atoms with E-state index in [1.165, 1.54) is 38.4 Å². The molecule has 2 heterocycles. The van der Waals surface area contributed by atoms with Gasteiger partial charge in [0.1, 0.15) is 12.0 Å². The van der Waals surface area contributed by atoms with E-state index >= 15 is 0 Å². The summed E-state index contributed by atoms with van der Waals surface area (Å²) in [5.41, 5.74) is 0.739. The summed E-state index contributed by atoms with van der Waals surface area (Å²) >= 11 is 0. The van der Waals surface area contributed by atoms with E-state index in [1.54, 1.807) is 18.0 Å². The van der Waals surface area contributed by atoms with Crippen LogP contribution >= 0.6 is 0 Å². The molecule has 0 aromatic carbocycles. The quantitative estimate of drug-likeness (QED) is 0.713. The first-order valence-electron chi connectivity index (χ1n) is 9.60. The van der Waals surface area contributed by atoms with Crippen LogP contribution in [0.15, 0.2) is 21.3 Å². The number of rotatable bonds is 8.